The maximum absolute atomic E-state index is 12.5. The van der Waals surface area contributed by atoms with Crippen molar-refractivity contribution >= 4 is 17.7 Å². The number of phenolic OH excluding ortho intramolecular Hbond substituents is 1. The fourth-order valence-corrected chi connectivity index (χ4v) is 4.93. The molecule has 200 valence electrons. The van der Waals surface area contributed by atoms with Gasteiger partial charge < -0.3 is 24.8 Å². The van der Waals surface area contributed by atoms with Crippen molar-refractivity contribution in [3.63, 3.8) is 0 Å². The third-order valence-electron chi connectivity index (χ3n) is 6.33. The van der Waals surface area contributed by atoms with Crippen LogP contribution in [0.4, 0.5) is 0 Å². The number of phenols is 1. The Balaban J connectivity index is 1.41. The van der Waals surface area contributed by atoms with Crippen molar-refractivity contribution in [2.75, 3.05) is 20.1 Å². The highest BCUT2D eigenvalue weighted by molar-refractivity contribution is 6.10. The molecule has 37 heavy (non-hydrogen) atoms. The molecule has 0 amide bonds. The SMILES string of the molecule is CN(CCC(=O)Oc1ccc(C(=O)c2ccccc2)c(O)c1)CCC(=O)OC1CC(C)(C)NC(C)(C)C1. The summed E-state index contributed by atoms with van der Waals surface area (Å²) >= 11 is 0. The standard InChI is InChI=1S/C29H38N2O6/c1-28(2)18-22(19-29(3,4)30-28)37-26(34)14-16-31(5)15-13-25(33)36-21-11-12-23(24(32)17-21)27(35)20-9-7-6-8-10-20/h6-12,17,22,30,32H,13-16,18-19H2,1-5H3. The van der Waals surface area contributed by atoms with Crippen molar-refractivity contribution in [2.24, 2.45) is 0 Å². The van der Waals surface area contributed by atoms with Gasteiger partial charge in [0.15, 0.2) is 5.78 Å². The predicted molar refractivity (Wildman–Crippen MR) is 141 cm³/mol. The first kappa shape index (κ1) is 28.3. The average Bonchev–Trinajstić information content (AvgIpc) is 2.79. The van der Waals surface area contributed by atoms with Gasteiger partial charge in [0.1, 0.15) is 17.6 Å². The van der Waals surface area contributed by atoms with E-state index in [0.717, 1.165) is 12.8 Å². The molecule has 2 N–H and O–H groups in total. The summed E-state index contributed by atoms with van der Waals surface area (Å²) in [6.07, 6.45) is 1.75. The summed E-state index contributed by atoms with van der Waals surface area (Å²) in [6.45, 7) is 9.31. The maximum Gasteiger partial charge on any atom is 0.312 e. The number of ketones is 1. The van der Waals surface area contributed by atoms with Crippen LogP contribution in [0.25, 0.3) is 0 Å². The molecule has 2 aromatic rings. The highest BCUT2D eigenvalue weighted by atomic mass is 16.5. The number of hydrogen-bond donors (Lipinski definition) is 2. The van der Waals surface area contributed by atoms with E-state index in [-0.39, 0.29) is 58.8 Å². The Morgan fingerprint density at radius 2 is 1.54 bits per heavy atom. The van der Waals surface area contributed by atoms with Gasteiger partial charge in [-0.05, 0) is 46.9 Å². The molecule has 1 fully saturated rings. The number of esters is 2. The summed E-state index contributed by atoms with van der Waals surface area (Å²) in [5.41, 5.74) is 0.392. The summed E-state index contributed by atoms with van der Waals surface area (Å²) in [6, 6.07) is 12.8. The van der Waals surface area contributed by atoms with Crippen molar-refractivity contribution in [3.05, 3.63) is 59.7 Å². The van der Waals surface area contributed by atoms with E-state index in [9.17, 15) is 19.5 Å². The van der Waals surface area contributed by atoms with E-state index in [1.807, 2.05) is 11.9 Å². The zero-order valence-corrected chi connectivity index (χ0v) is 22.4. The number of rotatable bonds is 10. The third-order valence-corrected chi connectivity index (χ3v) is 6.33. The van der Waals surface area contributed by atoms with E-state index >= 15 is 0 Å². The molecule has 1 saturated heterocycles. The minimum Gasteiger partial charge on any atom is -0.507 e. The molecule has 0 unspecified atom stereocenters. The Bertz CT molecular complexity index is 1100. The molecule has 1 aliphatic heterocycles. The lowest BCUT2D eigenvalue weighted by molar-refractivity contribution is -0.153. The van der Waals surface area contributed by atoms with Crippen LogP contribution in [-0.4, -0.2) is 65.0 Å². The number of nitrogens with zero attached hydrogens (tertiary/aromatic N) is 1. The van der Waals surface area contributed by atoms with Crippen LogP contribution in [0.5, 0.6) is 11.5 Å². The minimum atomic E-state index is -0.477. The molecule has 0 saturated carbocycles. The first-order valence-electron chi connectivity index (χ1n) is 12.6. The Morgan fingerprint density at radius 1 is 0.946 bits per heavy atom. The number of carbonyl (C=O) groups is 3. The van der Waals surface area contributed by atoms with Crippen molar-refractivity contribution in [3.8, 4) is 11.5 Å². The number of ether oxygens (including phenoxy) is 2. The van der Waals surface area contributed by atoms with E-state index in [4.69, 9.17) is 9.47 Å². The highest BCUT2D eigenvalue weighted by Gasteiger charge is 2.39. The minimum absolute atomic E-state index is 0.0988. The zero-order chi connectivity index (χ0) is 27.2. The summed E-state index contributed by atoms with van der Waals surface area (Å²) < 4.78 is 11.1. The third kappa shape index (κ3) is 8.68. The number of hydrogen-bond acceptors (Lipinski definition) is 8. The fraction of sp³-hybridized carbons (Fsp3) is 0.483. The number of benzene rings is 2. The van der Waals surface area contributed by atoms with Gasteiger partial charge in [-0.3, -0.25) is 14.4 Å². The Kier molecular flexibility index (Phi) is 9.10. The zero-order valence-electron chi connectivity index (χ0n) is 22.4. The second-order valence-corrected chi connectivity index (χ2v) is 11.1. The number of aromatic hydroxyl groups is 1. The van der Waals surface area contributed by atoms with E-state index < -0.39 is 5.97 Å². The molecule has 1 heterocycles. The van der Waals surface area contributed by atoms with Crippen LogP contribution in [0.15, 0.2) is 48.5 Å². The fourth-order valence-electron chi connectivity index (χ4n) is 4.93. The summed E-state index contributed by atoms with van der Waals surface area (Å²) in [5, 5.41) is 13.9. The number of nitrogens with one attached hydrogen (secondary N) is 1. The molecule has 0 spiro atoms. The lowest BCUT2D eigenvalue weighted by atomic mass is 9.81. The lowest BCUT2D eigenvalue weighted by Gasteiger charge is -2.45. The van der Waals surface area contributed by atoms with Crippen LogP contribution >= 0.6 is 0 Å². The highest BCUT2D eigenvalue weighted by Crippen LogP contribution is 2.30. The van der Waals surface area contributed by atoms with Gasteiger partial charge in [-0.15, -0.1) is 0 Å². The molecule has 0 bridgehead atoms. The largest absolute Gasteiger partial charge is 0.507 e. The molecule has 0 aromatic heterocycles. The van der Waals surface area contributed by atoms with Gasteiger partial charge in [-0.25, -0.2) is 0 Å². The molecular weight excluding hydrogens is 472 g/mol. The lowest BCUT2D eigenvalue weighted by Crippen LogP contribution is -2.59. The van der Waals surface area contributed by atoms with E-state index in [1.54, 1.807) is 30.3 Å². The van der Waals surface area contributed by atoms with Crippen molar-refractivity contribution < 1.29 is 29.0 Å². The Labute approximate surface area is 219 Å². The molecule has 2 aromatic carbocycles. The van der Waals surface area contributed by atoms with Crippen LogP contribution in [0.1, 0.15) is 69.3 Å². The molecule has 8 heteroatoms. The summed E-state index contributed by atoms with van der Waals surface area (Å²) in [5.74, 6) is -1.13. The van der Waals surface area contributed by atoms with Gasteiger partial charge in [0.2, 0.25) is 0 Å². The van der Waals surface area contributed by atoms with E-state index in [1.165, 1.54) is 18.2 Å². The van der Waals surface area contributed by atoms with Gasteiger partial charge in [0.25, 0.3) is 0 Å². The van der Waals surface area contributed by atoms with Gasteiger partial charge in [-0.1, -0.05) is 30.3 Å². The van der Waals surface area contributed by atoms with Crippen LogP contribution in [0.3, 0.4) is 0 Å². The van der Waals surface area contributed by atoms with Gasteiger partial charge in [0, 0.05) is 48.6 Å². The molecule has 3 rings (SSSR count). The second kappa shape index (κ2) is 11.9. The molecule has 8 nitrogen and oxygen atoms in total. The summed E-state index contributed by atoms with van der Waals surface area (Å²) in [4.78, 5) is 39.1. The topological polar surface area (TPSA) is 105 Å². The van der Waals surface area contributed by atoms with E-state index in [0.29, 0.717) is 18.7 Å². The predicted octanol–water partition coefficient (Wildman–Crippen LogP) is 4.09. The van der Waals surface area contributed by atoms with Crippen LogP contribution in [-0.2, 0) is 14.3 Å². The van der Waals surface area contributed by atoms with Crippen LogP contribution in [0.2, 0.25) is 0 Å². The summed E-state index contributed by atoms with van der Waals surface area (Å²) in [7, 11) is 1.83. The van der Waals surface area contributed by atoms with Gasteiger partial charge in [-0.2, -0.15) is 0 Å². The van der Waals surface area contributed by atoms with Crippen LogP contribution < -0.4 is 10.1 Å². The Morgan fingerprint density at radius 3 is 2.14 bits per heavy atom. The molecule has 1 aliphatic rings. The van der Waals surface area contributed by atoms with E-state index in [2.05, 4.69) is 33.0 Å². The Hall–Kier alpha value is -3.23. The first-order chi connectivity index (χ1) is 17.3. The average molecular weight is 511 g/mol. The van der Waals surface area contributed by atoms with Crippen LogP contribution in [0, 0.1) is 0 Å². The smallest absolute Gasteiger partial charge is 0.312 e. The first-order valence-corrected chi connectivity index (χ1v) is 12.6. The molecule has 0 aliphatic carbocycles. The number of carbonyl (C=O) groups excluding carboxylic acids is 3. The second-order valence-electron chi connectivity index (χ2n) is 11.1. The van der Waals surface area contributed by atoms with Crippen molar-refractivity contribution in [2.45, 2.75) is 70.6 Å². The quantitative estimate of drug-likeness (QED) is 0.280. The molecular formula is C29H38N2O6. The number of piperidine rings is 1. The van der Waals surface area contributed by atoms with Gasteiger partial charge >= 0.3 is 11.9 Å². The van der Waals surface area contributed by atoms with Crippen molar-refractivity contribution in [1.82, 2.24) is 10.2 Å². The van der Waals surface area contributed by atoms with Gasteiger partial charge in [0.05, 0.1) is 18.4 Å². The molecule has 0 radical (unpaired) electrons. The maximum atomic E-state index is 12.5. The monoisotopic (exact) mass is 510 g/mol. The molecule has 0 atom stereocenters. The van der Waals surface area contributed by atoms with Crippen molar-refractivity contribution in [1.29, 1.82) is 0 Å². The normalized spacial score (nSPS) is 16.8.